The van der Waals surface area contributed by atoms with Gasteiger partial charge in [0.1, 0.15) is 11.9 Å². The second-order valence-electron chi connectivity index (χ2n) is 9.42. The van der Waals surface area contributed by atoms with Gasteiger partial charge in [-0.25, -0.2) is 9.37 Å². The number of carbonyl (C=O) groups excluding carboxylic acids is 1. The Hall–Kier alpha value is -3.80. The van der Waals surface area contributed by atoms with Crippen LogP contribution >= 0.6 is 0 Å². The number of amides is 1. The van der Waals surface area contributed by atoms with Gasteiger partial charge in [-0.3, -0.25) is 4.79 Å². The van der Waals surface area contributed by atoms with Gasteiger partial charge in [0.05, 0.1) is 24.4 Å². The molecule has 3 aromatic rings. The van der Waals surface area contributed by atoms with Crippen LogP contribution in [0.3, 0.4) is 0 Å². The first-order chi connectivity index (χ1) is 17.9. The molecule has 192 valence electrons. The summed E-state index contributed by atoms with van der Waals surface area (Å²) in [4.78, 5) is 19.7. The lowest BCUT2D eigenvalue weighted by atomic mass is 9.99. The molecule has 0 radical (unpaired) electrons. The highest BCUT2D eigenvalue weighted by molar-refractivity contribution is 5.98. The highest BCUT2D eigenvalue weighted by Crippen LogP contribution is 2.32. The zero-order valence-corrected chi connectivity index (χ0v) is 21.3. The number of pyridine rings is 1. The Kier molecular flexibility index (Phi) is 8.49. The number of rotatable bonds is 8. The van der Waals surface area contributed by atoms with Crippen LogP contribution in [-0.2, 0) is 11.3 Å². The van der Waals surface area contributed by atoms with Crippen LogP contribution < -0.4 is 10.6 Å². The van der Waals surface area contributed by atoms with Crippen LogP contribution in [0.25, 0.3) is 22.0 Å². The highest BCUT2D eigenvalue weighted by Gasteiger charge is 2.27. The van der Waals surface area contributed by atoms with E-state index >= 15 is 0 Å². The number of nitrogens with zero attached hydrogens (tertiary/aromatic N) is 3. The van der Waals surface area contributed by atoms with E-state index in [2.05, 4.69) is 33.2 Å². The fourth-order valence-corrected chi connectivity index (χ4v) is 4.57. The van der Waals surface area contributed by atoms with Gasteiger partial charge in [-0.15, -0.1) is 0 Å². The van der Waals surface area contributed by atoms with Crippen LogP contribution in [0, 0.1) is 11.3 Å². The maximum Gasteiger partial charge on any atom is 0.270 e. The number of halogens is 1. The third kappa shape index (κ3) is 6.31. The Balaban J connectivity index is 1.63. The second-order valence-corrected chi connectivity index (χ2v) is 9.42. The highest BCUT2D eigenvalue weighted by atomic mass is 19.1. The van der Waals surface area contributed by atoms with Crippen molar-refractivity contribution in [2.45, 2.75) is 31.7 Å². The number of ether oxygens (including phenoxy) is 1. The molecule has 0 unspecified atom stereocenters. The van der Waals surface area contributed by atoms with Crippen LogP contribution in [0.2, 0.25) is 0 Å². The number of fused-ring (bicyclic) bond motifs is 1. The van der Waals surface area contributed by atoms with E-state index in [1.165, 1.54) is 0 Å². The molecule has 2 aromatic carbocycles. The van der Waals surface area contributed by atoms with Gasteiger partial charge in [-0.05, 0) is 50.0 Å². The molecule has 37 heavy (non-hydrogen) atoms. The molecule has 4 rings (SSSR count). The van der Waals surface area contributed by atoms with Crippen LogP contribution in [0.15, 0.2) is 60.7 Å². The molecule has 0 bridgehead atoms. The number of alkyl halides is 1. The smallest absolute Gasteiger partial charge is 0.270 e. The van der Waals surface area contributed by atoms with Crippen LogP contribution in [0.1, 0.15) is 28.9 Å². The van der Waals surface area contributed by atoms with Crippen molar-refractivity contribution >= 4 is 22.4 Å². The van der Waals surface area contributed by atoms with Crippen molar-refractivity contribution in [1.29, 1.82) is 5.26 Å². The molecule has 2 heterocycles. The molecule has 1 aliphatic rings. The molecule has 1 saturated heterocycles. The van der Waals surface area contributed by atoms with E-state index in [0.717, 1.165) is 34.1 Å². The molecular weight excluding hydrogens is 469 g/mol. The minimum absolute atomic E-state index is 0.249. The van der Waals surface area contributed by atoms with Crippen LogP contribution in [-0.4, -0.2) is 61.8 Å². The average molecular weight is 502 g/mol. The summed E-state index contributed by atoms with van der Waals surface area (Å²) in [5.41, 5.74) is 3.95. The summed E-state index contributed by atoms with van der Waals surface area (Å²) in [5, 5.41) is 17.3. The second kappa shape index (κ2) is 12.0. The number of nitrogens with one attached hydrogen (secondary N) is 2. The minimum atomic E-state index is -1.08. The largest absolute Gasteiger partial charge is 0.380 e. The van der Waals surface area contributed by atoms with Crippen molar-refractivity contribution in [3.05, 3.63) is 71.9 Å². The van der Waals surface area contributed by atoms with E-state index < -0.39 is 12.2 Å². The molecule has 1 amide bonds. The van der Waals surface area contributed by atoms with Gasteiger partial charge < -0.3 is 20.3 Å². The fraction of sp³-hybridized carbons (Fsp3) is 0.345. The Morgan fingerprint density at radius 3 is 2.81 bits per heavy atom. The van der Waals surface area contributed by atoms with E-state index in [9.17, 15) is 9.18 Å². The molecule has 2 atom stereocenters. The third-order valence-electron chi connectivity index (χ3n) is 6.68. The Labute approximate surface area is 216 Å². The van der Waals surface area contributed by atoms with Gasteiger partial charge in [-0.1, -0.05) is 36.9 Å². The molecule has 8 heteroatoms. The summed E-state index contributed by atoms with van der Waals surface area (Å²) >= 11 is 0. The quantitative estimate of drug-likeness (QED) is 0.435. The summed E-state index contributed by atoms with van der Waals surface area (Å²) in [6.07, 6.45) is -0.123. The van der Waals surface area contributed by atoms with Gasteiger partial charge in [-0.2, -0.15) is 5.26 Å². The number of likely N-dealkylation sites (tertiary alicyclic amines) is 1. The summed E-state index contributed by atoms with van der Waals surface area (Å²) in [5.74, 6) is -0.375. The van der Waals surface area contributed by atoms with E-state index in [-0.39, 0.29) is 11.6 Å². The van der Waals surface area contributed by atoms with Crippen molar-refractivity contribution < 1.29 is 13.9 Å². The van der Waals surface area contributed by atoms with Gasteiger partial charge in [0, 0.05) is 48.0 Å². The lowest BCUT2D eigenvalue weighted by Crippen LogP contribution is -2.41. The van der Waals surface area contributed by atoms with Crippen molar-refractivity contribution in [3.63, 3.8) is 0 Å². The van der Waals surface area contributed by atoms with Crippen LogP contribution in [0.4, 0.5) is 10.1 Å². The average Bonchev–Trinajstić information content (AvgIpc) is 3.07. The fourth-order valence-electron chi connectivity index (χ4n) is 4.57. The first-order valence-corrected chi connectivity index (χ1v) is 12.4. The van der Waals surface area contributed by atoms with Crippen LogP contribution in [0.5, 0.6) is 0 Å². The lowest BCUT2D eigenvalue weighted by Gasteiger charge is -2.19. The number of hydrogen-bond donors (Lipinski definition) is 2. The van der Waals surface area contributed by atoms with E-state index in [0.29, 0.717) is 43.8 Å². The lowest BCUT2D eigenvalue weighted by molar-refractivity contribution is 0.0902. The third-order valence-corrected chi connectivity index (χ3v) is 6.68. The number of methoxy groups -OCH3 is 1. The normalized spacial score (nSPS) is 18.1. The van der Waals surface area contributed by atoms with E-state index in [4.69, 9.17) is 10.00 Å². The number of benzene rings is 2. The summed E-state index contributed by atoms with van der Waals surface area (Å²) in [6.45, 7) is 5.90. The maximum absolute atomic E-state index is 14.6. The standard InChI is InChI=1S/C29H32FN5O2/c1-19(16-31)17-32-28-22(18-37-3)10-8-20-7-9-21(15-23(20)28)25-5-4-6-27(33-25)29(36)34-26-12-14-35(2)13-11-24(26)30/h4-10,15,24,26,32H,1,11-14,17-18H2,2-3H3,(H,34,36)/t24-,26+/m0/s1. The number of anilines is 1. The SMILES string of the molecule is C=C(C#N)CNc1c(COC)ccc2ccc(-c3cccc(C(=O)N[C@@H]4CCN(C)CC[C@@H]4F)n3)cc12. The van der Waals surface area contributed by atoms with E-state index in [1.807, 2.05) is 43.4 Å². The number of nitriles is 1. The molecule has 0 saturated carbocycles. The predicted molar refractivity (Wildman–Crippen MR) is 144 cm³/mol. The number of aromatic nitrogens is 1. The topological polar surface area (TPSA) is 90.3 Å². The zero-order chi connectivity index (χ0) is 26.4. The van der Waals surface area contributed by atoms with Gasteiger partial charge >= 0.3 is 0 Å². The molecule has 1 aromatic heterocycles. The number of carbonyl (C=O) groups is 1. The van der Waals surface area contributed by atoms with Crippen molar-refractivity contribution in [2.75, 3.05) is 39.1 Å². The predicted octanol–water partition coefficient (Wildman–Crippen LogP) is 4.70. The summed E-state index contributed by atoms with van der Waals surface area (Å²) in [7, 11) is 3.60. The molecule has 2 N–H and O–H groups in total. The van der Waals surface area contributed by atoms with Crippen molar-refractivity contribution in [2.24, 2.45) is 0 Å². The molecule has 0 spiro atoms. The Bertz CT molecular complexity index is 1340. The molecule has 0 aliphatic carbocycles. The monoisotopic (exact) mass is 501 g/mol. The molecular formula is C29H32FN5O2. The zero-order valence-electron chi connectivity index (χ0n) is 21.3. The maximum atomic E-state index is 14.6. The van der Waals surface area contributed by atoms with Gasteiger partial charge in [0.2, 0.25) is 0 Å². The van der Waals surface area contributed by atoms with Crippen molar-refractivity contribution in [3.8, 4) is 17.3 Å². The molecule has 7 nitrogen and oxygen atoms in total. The van der Waals surface area contributed by atoms with E-state index in [1.54, 1.807) is 19.2 Å². The Morgan fingerprint density at radius 2 is 2.03 bits per heavy atom. The first-order valence-electron chi connectivity index (χ1n) is 12.4. The summed E-state index contributed by atoms with van der Waals surface area (Å²) in [6, 6.07) is 16.8. The minimum Gasteiger partial charge on any atom is -0.380 e. The molecule has 1 fully saturated rings. The van der Waals surface area contributed by atoms with Crippen molar-refractivity contribution in [1.82, 2.24) is 15.2 Å². The Morgan fingerprint density at radius 1 is 1.24 bits per heavy atom. The molecule has 1 aliphatic heterocycles. The first kappa shape index (κ1) is 26.3. The number of hydrogen-bond acceptors (Lipinski definition) is 6. The summed E-state index contributed by atoms with van der Waals surface area (Å²) < 4.78 is 20.0. The van der Waals surface area contributed by atoms with Gasteiger partial charge in [0.25, 0.3) is 5.91 Å². The van der Waals surface area contributed by atoms with Gasteiger partial charge in [0.15, 0.2) is 0 Å².